The normalized spacial score (nSPS) is 12.2. The second kappa shape index (κ2) is 6.72. The summed E-state index contributed by atoms with van der Waals surface area (Å²) in [6.07, 6.45) is -0.0749. The summed E-state index contributed by atoms with van der Waals surface area (Å²) < 4.78 is 19.7. The summed E-state index contributed by atoms with van der Waals surface area (Å²) in [5, 5.41) is 10.5. The second-order valence-electron chi connectivity index (χ2n) is 5.30. The number of halogens is 1. The summed E-state index contributed by atoms with van der Waals surface area (Å²) in [5.41, 5.74) is 2.56. The summed E-state index contributed by atoms with van der Waals surface area (Å²) in [6.45, 7) is 6.30. The largest absolute Gasteiger partial charge is 0.494 e. The first-order valence-corrected chi connectivity index (χ1v) is 7.20. The van der Waals surface area contributed by atoms with E-state index < -0.39 is 6.10 Å². The molecule has 0 radical (unpaired) electrons. The number of ether oxygens (including phenoxy) is 1. The van der Waals surface area contributed by atoms with Gasteiger partial charge >= 0.3 is 0 Å². The van der Waals surface area contributed by atoms with Crippen molar-refractivity contribution < 1.29 is 14.2 Å². The average molecular weight is 288 g/mol. The lowest BCUT2D eigenvalue weighted by Gasteiger charge is -2.17. The van der Waals surface area contributed by atoms with Gasteiger partial charge < -0.3 is 9.84 Å². The predicted molar refractivity (Wildman–Crippen MR) is 82.2 cm³/mol. The Bertz CT molecular complexity index is 599. The quantitative estimate of drug-likeness (QED) is 0.888. The van der Waals surface area contributed by atoms with E-state index in [1.165, 1.54) is 6.07 Å². The Labute approximate surface area is 125 Å². The van der Waals surface area contributed by atoms with Crippen molar-refractivity contribution in [1.82, 2.24) is 0 Å². The van der Waals surface area contributed by atoms with Crippen molar-refractivity contribution >= 4 is 0 Å². The Balaban J connectivity index is 2.34. The maximum Gasteiger partial charge on any atom is 0.129 e. The lowest BCUT2D eigenvalue weighted by molar-refractivity contribution is 0.213. The number of hydrogen-bond donors (Lipinski definition) is 1. The molecule has 112 valence electrons. The van der Waals surface area contributed by atoms with E-state index in [-0.39, 0.29) is 5.82 Å². The van der Waals surface area contributed by atoms with Crippen LogP contribution in [0, 0.1) is 19.7 Å². The van der Waals surface area contributed by atoms with E-state index >= 15 is 0 Å². The van der Waals surface area contributed by atoms with Gasteiger partial charge in [0.2, 0.25) is 0 Å². The maximum atomic E-state index is 14.2. The highest BCUT2D eigenvalue weighted by Gasteiger charge is 2.18. The fraction of sp³-hybridized carbons (Fsp3) is 0.333. The van der Waals surface area contributed by atoms with Crippen molar-refractivity contribution in [3.05, 3.63) is 64.5 Å². The van der Waals surface area contributed by atoms with Gasteiger partial charge in [0.15, 0.2) is 0 Å². The molecule has 2 aromatic carbocycles. The Morgan fingerprint density at radius 1 is 1.19 bits per heavy atom. The molecular formula is C18H21FO2. The van der Waals surface area contributed by atoms with Crippen LogP contribution >= 0.6 is 0 Å². The molecule has 1 unspecified atom stereocenters. The minimum atomic E-state index is -0.990. The minimum absolute atomic E-state index is 0.327. The molecule has 0 aromatic heterocycles. The highest BCUT2D eigenvalue weighted by atomic mass is 19.1. The first-order valence-electron chi connectivity index (χ1n) is 7.20. The third-order valence-electron chi connectivity index (χ3n) is 3.40. The third kappa shape index (κ3) is 3.61. The topological polar surface area (TPSA) is 29.5 Å². The second-order valence-corrected chi connectivity index (χ2v) is 5.30. The van der Waals surface area contributed by atoms with Crippen molar-refractivity contribution in [2.45, 2.75) is 33.3 Å². The van der Waals surface area contributed by atoms with Gasteiger partial charge in [-0.2, -0.15) is 0 Å². The molecule has 0 bridgehead atoms. The molecule has 1 atom stereocenters. The van der Waals surface area contributed by atoms with Crippen LogP contribution in [0.15, 0.2) is 36.4 Å². The monoisotopic (exact) mass is 288 g/mol. The molecule has 0 aliphatic heterocycles. The van der Waals surface area contributed by atoms with Crippen LogP contribution in [-0.2, 0) is 0 Å². The van der Waals surface area contributed by atoms with Crippen molar-refractivity contribution in [2.24, 2.45) is 0 Å². The van der Waals surface area contributed by atoms with E-state index in [4.69, 9.17) is 4.74 Å². The van der Waals surface area contributed by atoms with Crippen molar-refractivity contribution in [1.29, 1.82) is 0 Å². The molecule has 0 aliphatic carbocycles. The zero-order valence-electron chi connectivity index (χ0n) is 12.7. The predicted octanol–water partition coefficient (Wildman–Crippen LogP) is 4.31. The summed E-state index contributed by atoms with van der Waals surface area (Å²) in [5.74, 6) is 0.318. The number of benzene rings is 2. The van der Waals surface area contributed by atoms with E-state index in [0.717, 1.165) is 17.5 Å². The van der Waals surface area contributed by atoms with Gasteiger partial charge in [0.25, 0.3) is 0 Å². The molecule has 0 fully saturated rings. The Morgan fingerprint density at radius 3 is 2.62 bits per heavy atom. The standard InChI is InChI=1S/C18H21FO2/c1-4-8-21-15-7-5-6-14(11-15)18(20)17-13(3)9-12(2)10-16(17)19/h5-7,9-11,18,20H,4,8H2,1-3H3. The Kier molecular flexibility index (Phi) is 4.97. The molecule has 0 aliphatic rings. The molecule has 0 spiro atoms. The number of aliphatic hydroxyl groups is 1. The van der Waals surface area contributed by atoms with Gasteiger partial charge in [0.05, 0.1) is 6.61 Å². The SMILES string of the molecule is CCCOc1cccc(C(O)c2c(C)cc(C)cc2F)c1. The number of rotatable bonds is 5. The van der Waals surface area contributed by atoms with Crippen LogP contribution in [-0.4, -0.2) is 11.7 Å². The Hall–Kier alpha value is -1.87. The molecule has 3 heteroatoms. The van der Waals surface area contributed by atoms with Gasteiger partial charge in [-0.05, 0) is 55.2 Å². The summed E-state index contributed by atoms with van der Waals surface area (Å²) >= 11 is 0. The lowest BCUT2D eigenvalue weighted by atomic mass is 9.95. The van der Waals surface area contributed by atoms with Crippen molar-refractivity contribution in [3.63, 3.8) is 0 Å². The number of hydrogen-bond acceptors (Lipinski definition) is 2. The number of aryl methyl sites for hydroxylation is 2. The van der Waals surface area contributed by atoms with Gasteiger partial charge in [0, 0.05) is 5.56 Å². The van der Waals surface area contributed by atoms with Gasteiger partial charge in [-0.1, -0.05) is 25.1 Å². The average Bonchev–Trinajstić information content (AvgIpc) is 2.44. The maximum absolute atomic E-state index is 14.2. The van der Waals surface area contributed by atoms with Crippen LogP contribution in [0.1, 0.15) is 41.7 Å². The molecule has 21 heavy (non-hydrogen) atoms. The summed E-state index contributed by atoms with van der Waals surface area (Å²) in [6, 6.07) is 10.5. The smallest absolute Gasteiger partial charge is 0.129 e. The third-order valence-corrected chi connectivity index (χ3v) is 3.40. The highest BCUT2D eigenvalue weighted by molar-refractivity contribution is 5.40. The molecule has 2 rings (SSSR count). The summed E-state index contributed by atoms with van der Waals surface area (Å²) in [4.78, 5) is 0. The minimum Gasteiger partial charge on any atom is -0.494 e. The van der Waals surface area contributed by atoms with Gasteiger partial charge in [-0.25, -0.2) is 4.39 Å². The van der Waals surface area contributed by atoms with Gasteiger partial charge in [0.1, 0.15) is 17.7 Å². The molecule has 0 saturated carbocycles. The first-order chi connectivity index (χ1) is 10.0. The van der Waals surface area contributed by atoms with E-state index in [9.17, 15) is 9.50 Å². The van der Waals surface area contributed by atoms with E-state index in [2.05, 4.69) is 0 Å². The van der Waals surface area contributed by atoms with Crippen LogP contribution in [0.5, 0.6) is 5.75 Å². The fourth-order valence-corrected chi connectivity index (χ4v) is 2.43. The van der Waals surface area contributed by atoms with Crippen LogP contribution in [0.2, 0.25) is 0 Å². The fourth-order valence-electron chi connectivity index (χ4n) is 2.43. The summed E-state index contributed by atoms with van der Waals surface area (Å²) in [7, 11) is 0. The van der Waals surface area contributed by atoms with Gasteiger partial charge in [-0.3, -0.25) is 0 Å². The lowest BCUT2D eigenvalue weighted by Crippen LogP contribution is -2.06. The highest BCUT2D eigenvalue weighted by Crippen LogP contribution is 2.30. The zero-order valence-corrected chi connectivity index (χ0v) is 12.7. The van der Waals surface area contributed by atoms with Crippen LogP contribution in [0.4, 0.5) is 4.39 Å². The molecule has 1 N–H and O–H groups in total. The van der Waals surface area contributed by atoms with E-state index in [1.807, 2.05) is 39.0 Å². The molecule has 0 amide bonds. The van der Waals surface area contributed by atoms with Crippen LogP contribution < -0.4 is 4.74 Å². The van der Waals surface area contributed by atoms with E-state index in [0.29, 0.717) is 23.5 Å². The molecular weight excluding hydrogens is 267 g/mol. The first kappa shape index (κ1) is 15.5. The van der Waals surface area contributed by atoms with Crippen LogP contribution in [0.25, 0.3) is 0 Å². The van der Waals surface area contributed by atoms with Crippen molar-refractivity contribution in [3.8, 4) is 5.75 Å². The van der Waals surface area contributed by atoms with Crippen molar-refractivity contribution in [2.75, 3.05) is 6.61 Å². The molecule has 0 saturated heterocycles. The van der Waals surface area contributed by atoms with Gasteiger partial charge in [-0.15, -0.1) is 0 Å². The molecule has 0 heterocycles. The van der Waals surface area contributed by atoms with E-state index in [1.54, 1.807) is 12.1 Å². The molecule has 2 nitrogen and oxygen atoms in total. The Morgan fingerprint density at radius 2 is 1.95 bits per heavy atom. The molecule has 2 aromatic rings. The van der Waals surface area contributed by atoms with Crippen LogP contribution in [0.3, 0.4) is 0 Å². The zero-order chi connectivity index (χ0) is 15.4. The number of aliphatic hydroxyl groups excluding tert-OH is 1.